The van der Waals surface area contributed by atoms with Crippen LogP contribution in [0.5, 0.6) is 0 Å². The lowest BCUT2D eigenvalue weighted by Crippen LogP contribution is -2.08. The van der Waals surface area contributed by atoms with Crippen molar-refractivity contribution in [3.05, 3.63) is 32.8 Å². The molecule has 0 unspecified atom stereocenters. The van der Waals surface area contributed by atoms with Crippen molar-refractivity contribution in [3.63, 3.8) is 0 Å². The van der Waals surface area contributed by atoms with E-state index in [0.29, 0.717) is 5.69 Å². The maximum Gasteiger partial charge on any atom is 0.292 e. The Hall–Kier alpha value is -1.10. The lowest BCUT2D eigenvalue weighted by Gasteiger charge is -2.11. The fraction of sp³-hybridized carbons (Fsp3) is 0.538. The molecule has 2 rings (SSSR count). The summed E-state index contributed by atoms with van der Waals surface area (Å²) in [7, 11) is 0. The van der Waals surface area contributed by atoms with E-state index in [1.807, 2.05) is 0 Å². The molecule has 0 heterocycles. The Morgan fingerprint density at radius 1 is 1.39 bits per heavy atom. The molecule has 1 aliphatic rings. The van der Waals surface area contributed by atoms with E-state index in [1.165, 1.54) is 31.7 Å². The fourth-order valence-corrected chi connectivity index (χ4v) is 2.88. The van der Waals surface area contributed by atoms with Crippen LogP contribution in [0.4, 0.5) is 11.4 Å². The molecule has 0 aromatic heterocycles. The van der Waals surface area contributed by atoms with Crippen molar-refractivity contribution < 1.29 is 4.92 Å². The minimum atomic E-state index is -0.343. The van der Waals surface area contributed by atoms with Crippen molar-refractivity contribution in [3.8, 4) is 0 Å². The number of nitrogens with one attached hydrogen (secondary N) is 1. The third kappa shape index (κ3) is 3.45. The third-order valence-corrected chi connectivity index (χ3v) is 3.99. The van der Waals surface area contributed by atoms with Gasteiger partial charge in [-0.25, -0.2) is 0 Å². The minimum Gasteiger partial charge on any atom is -0.379 e. The quantitative estimate of drug-likeness (QED) is 0.649. The molecule has 1 saturated carbocycles. The van der Waals surface area contributed by atoms with Gasteiger partial charge in [-0.1, -0.05) is 41.6 Å². The van der Waals surface area contributed by atoms with Gasteiger partial charge in [-0.05, 0) is 24.5 Å². The van der Waals surface area contributed by atoms with Gasteiger partial charge in [-0.3, -0.25) is 10.1 Å². The Morgan fingerprint density at radius 2 is 2.11 bits per heavy atom. The maximum absolute atomic E-state index is 10.9. The normalized spacial score (nSPS) is 15.8. The van der Waals surface area contributed by atoms with E-state index in [4.69, 9.17) is 0 Å². The average molecular weight is 313 g/mol. The van der Waals surface area contributed by atoms with Crippen molar-refractivity contribution in [2.24, 2.45) is 5.92 Å². The number of halogens is 1. The van der Waals surface area contributed by atoms with E-state index >= 15 is 0 Å². The Kier molecular flexibility index (Phi) is 4.58. The van der Waals surface area contributed by atoms with E-state index in [2.05, 4.69) is 21.2 Å². The predicted octanol–water partition coefficient (Wildman–Crippen LogP) is 4.35. The van der Waals surface area contributed by atoms with Gasteiger partial charge >= 0.3 is 0 Å². The summed E-state index contributed by atoms with van der Waals surface area (Å²) in [5.74, 6) is 0.795. The Bertz CT molecular complexity index is 431. The second kappa shape index (κ2) is 6.18. The summed E-state index contributed by atoms with van der Waals surface area (Å²) < 4.78 is 0.858. The standard InChI is InChI=1S/C13H17BrN2O2/c14-11-5-6-13(16(17)18)12(9-11)15-8-7-10-3-1-2-4-10/h5-6,9-10,15H,1-4,7-8H2. The SMILES string of the molecule is O=[N+]([O-])c1ccc(Br)cc1NCCC1CCCC1. The van der Waals surface area contributed by atoms with E-state index in [1.54, 1.807) is 12.1 Å². The van der Waals surface area contributed by atoms with E-state index in [0.717, 1.165) is 23.4 Å². The second-order valence-electron chi connectivity index (χ2n) is 4.78. The first-order valence-corrected chi connectivity index (χ1v) is 7.14. The highest BCUT2D eigenvalue weighted by Crippen LogP contribution is 2.30. The number of hydrogen-bond acceptors (Lipinski definition) is 3. The zero-order chi connectivity index (χ0) is 13.0. The predicted molar refractivity (Wildman–Crippen MR) is 75.9 cm³/mol. The molecule has 1 aromatic carbocycles. The summed E-state index contributed by atoms with van der Waals surface area (Å²) in [6.07, 6.45) is 6.39. The molecule has 0 spiro atoms. The van der Waals surface area contributed by atoms with Crippen LogP contribution < -0.4 is 5.32 Å². The molecule has 0 radical (unpaired) electrons. The molecule has 1 fully saturated rings. The largest absolute Gasteiger partial charge is 0.379 e. The van der Waals surface area contributed by atoms with Crippen LogP contribution in [0.1, 0.15) is 32.1 Å². The number of hydrogen-bond donors (Lipinski definition) is 1. The highest BCUT2D eigenvalue weighted by Gasteiger charge is 2.16. The molecular weight excluding hydrogens is 296 g/mol. The zero-order valence-electron chi connectivity index (χ0n) is 10.2. The Labute approximate surface area is 115 Å². The van der Waals surface area contributed by atoms with Gasteiger partial charge in [0.1, 0.15) is 5.69 Å². The van der Waals surface area contributed by atoms with Crippen molar-refractivity contribution in [1.29, 1.82) is 0 Å². The van der Waals surface area contributed by atoms with Gasteiger partial charge in [0.25, 0.3) is 5.69 Å². The van der Waals surface area contributed by atoms with Crippen LogP contribution >= 0.6 is 15.9 Å². The Morgan fingerprint density at radius 3 is 2.78 bits per heavy atom. The summed E-state index contributed by atoms with van der Waals surface area (Å²) in [5, 5.41) is 14.1. The van der Waals surface area contributed by atoms with Crippen LogP contribution in [-0.4, -0.2) is 11.5 Å². The Balaban J connectivity index is 1.94. The molecule has 5 heteroatoms. The molecule has 1 aliphatic carbocycles. The summed E-state index contributed by atoms with van der Waals surface area (Å²) in [5.41, 5.74) is 0.747. The highest BCUT2D eigenvalue weighted by molar-refractivity contribution is 9.10. The maximum atomic E-state index is 10.9. The van der Waals surface area contributed by atoms with Gasteiger partial charge in [-0.2, -0.15) is 0 Å². The monoisotopic (exact) mass is 312 g/mol. The molecule has 0 saturated heterocycles. The van der Waals surface area contributed by atoms with Crippen molar-refractivity contribution >= 4 is 27.3 Å². The van der Waals surface area contributed by atoms with Crippen LogP contribution in [0.2, 0.25) is 0 Å². The highest BCUT2D eigenvalue weighted by atomic mass is 79.9. The van der Waals surface area contributed by atoms with Gasteiger partial charge in [0.15, 0.2) is 0 Å². The third-order valence-electron chi connectivity index (χ3n) is 3.50. The smallest absolute Gasteiger partial charge is 0.292 e. The first-order chi connectivity index (χ1) is 8.66. The summed E-state index contributed by atoms with van der Waals surface area (Å²) in [4.78, 5) is 10.6. The molecule has 4 nitrogen and oxygen atoms in total. The first-order valence-electron chi connectivity index (χ1n) is 6.34. The number of rotatable bonds is 5. The number of nitrogens with zero attached hydrogens (tertiary/aromatic N) is 1. The molecule has 1 N–H and O–H groups in total. The number of benzene rings is 1. The van der Waals surface area contributed by atoms with E-state index in [-0.39, 0.29) is 10.6 Å². The van der Waals surface area contributed by atoms with E-state index in [9.17, 15) is 10.1 Å². The molecule has 18 heavy (non-hydrogen) atoms. The van der Waals surface area contributed by atoms with Crippen LogP contribution in [0.25, 0.3) is 0 Å². The number of nitro groups is 1. The van der Waals surface area contributed by atoms with Crippen LogP contribution in [0.3, 0.4) is 0 Å². The summed E-state index contributed by atoms with van der Waals surface area (Å²) >= 11 is 3.34. The zero-order valence-corrected chi connectivity index (χ0v) is 11.8. The van der Waals surface area contributed by atoms with Crippen LogP contribution in [0, 0.1) is 16.0 Å². The van der Waals surface area contributed by atoms with E-state index < -0.39 is 0 Å². The fourth-order valence-electron chi connectivity index (χ4n) is 2.52. The van der Waals surface area contributed by atoms with Gasteiger partial charge < -0.3 is 5.32 Å². The van der Waals surface area contributed by atoms with Crippen LogP contribution in [0.15, 0.2) is 22.7 Å². The van der Waals surface area contributed by atoms with Gasteiger partial charge in [-0.15, -0.1) is 0 Å². The van der Waals surface area contributed by atoms with Crippen LogP contribution in [-0.2, 0) is 0 Å². The number of anilines is 1. The molecule has 0 atom stereocenters. The number of nitro benzene ring substituents is 1. The summed E-state index contributed by atoms with van der Waals surface area (Å²) in [6, 6.07) is 5.00. The molecule has 0 aliphatic heterocycles. The molecular formula is C13H17BrN2O2. The molecule has 0 bridgehead atoms. The average Bonchev–Trinajstić information content (AvgIpc) is 2.82. The van der Waals surface area contributed by atoms with Gasteiger partial charge in [0.2, 0.25) is 0 Å². The lowest BCUT2D eigenvalue weighted by atomic mass is 10.0. The minimum absolute atomic E-state index is 0.143. The van der Waals surface area contributed by atoms with Crippen molar-refractivity contribution in [2.45, 2.75) is 32.1 Å². The first kappa shape index (κ1) is 13.3. The van der Waals surface area contributed by atoms with Gasteiger partial charge in [0.05, 0.1) is 4.92 Å². The summed E-state index contributed by atoms with van der Waals surface area (Å²) in [6.45, 7) is 0.807. The lowest BCUT2D eigenvalue weighted by molar-refractivity contribution is -0.384. The topological polar surface area (TPSA) is 55.2 Å². The van der Waals surface area contributed by atoms with Crippen molar-refractivity contribution in [2.75, 3.05) is 11.9 Å². The van der Waals surface area contributed by atoms with Gasteiger partial charge in [0, 0.05) is 17.1 Å². The second-order valence-corrected chi connectivity index (χ2v) is 5.70. The molecule has 1 aromatic rings. The van der Waals surface area contributed by atoms with Crippen molar-refractivity contribution in [1.82, 2.24) is 0 Å². The molecule has 98 valence electrons. The molecule has 0 amide bonds.